The summed E-state index contributed by atoms with van der Waals surface area (Å²) in [6.07, 6.45) is 8.78. The molecule has 0 unspecified atom stereocenters. The van der Waals surface area contributed by atoms with Crippen molar-refractivity contribution in [2.75, 3.05) is 0 Å². The highest BCUT2D eigenvalue weighted by atomic mass is 15.1. The van der Waals surface area contributed by atoms with E-state index in [0.717, 1.165) is 6.42 Å². The summed E-state index contributed by atoms with van der Waals surface area (Å²) in [6, 6.07) is 1.33. The number of hydrogen-bond acceptors (Lipinski definition) is 2. The predicted octanol–water partition coefficient (Wildman–Crippen LogP) is 2.56. The predicted molar refractivity (Wildman–Crippen MR) is 64.8 cm³/mol. The highest BCUT2D eigenvalue weighted by molar-refractivity contribution is 5.11. The van der Waals surface area contributed by atoms with Gasteiger partial charge in [0.2, 0.25) is 0 Å². The van der Waals surface area contributed by atoms with Crippen LogP contribution < -0.4 is 10.6 Å². The fraction of sp³-hybridized carbons (Fsp3) is 0.846. The molecule has 15 heavy (non-hydrogen) atoms. The minimum atomic E-state index is 0.242. The van der Waals surface area contributed by atoms with E-state index in [1.807, 2.05) is 0 Å². The van der Waals surface area contributed by atoms with Gasteiger partial charge in [0.25, 0.3) is 0 Å². The molecule has 0 aromatic rings. The Morgan fingerprint density at radius 3 is 2.53 bits per heavy atom. The zero-order valence-corrected chi connectivity index (χ0v) is 10.3. The molecule has 0 aromatic carbocycles. The molecule has 0 spiro atoms. The highest BCUT2D eigenvalue weighted by Crippen LogP contribution is 2.27. The van der Waals surface area contributed by atoms with E-state index in [0.29, 0.717) is 12.1 Å². The van der Waals surface area contributed by atoms with Crippen LogP contribution in [-0.2, 0) is 0 Å². The van der Waals surface area contributed by atoms with Gasteiger partial charge in [-0.3, -0.25) is 0 Å². The zero-order valence-electron chi connectivity index (χ0n) is 10.3. The van der Waals surface area contributed by atoms with Gasteiger partial charge in [-0.1, -0.05) is 18.9 Å². The van der Waals surface area contributed by atoms with Gasteiger partial charge in [0.15, 0.2) is 0 Å². The lowest BCUT2D eigenvalue weighted by Gasteiger charge is -2.34. The Bertz CT molecular complexity index is 255. The van der Waals surface area contributed by atoms with Crippen LogP contribution in [-0.4, -0.2) is 17.6 Å². The summed E-state index contributed by atoms with van der Waals surface area (Å²) >= 11 is 0. The lowest BCUT2D eigenvalue weighted by atomic mass is 9.89. The highest BCUT2D eigenvalue weighted by Gasteiger charge is 2.34. The number of nitrogens with one attached hydrogen (secondary N) is 2. The second kappa shape index (κ2) is 4.17. The Labute approximate surface area is 93.5 Å². The molecule has 1 heterocycles. The van der Waals surface area contributed by atoms with Gasteiger partial charge in [0.05, 0.1) is 0 Å². The Balaban J connectivity index is 2.16. The second-order valence-corrected chi connectivity index (χ2v) is 5.66. The Morgan fingerprint density at radius 1 is 1.20 bits per heavy atom. The van der Waals surface area contributed by atoms with Crippen LogP contribution in [0.4, 0.5) is 0 Å². The first-order valence-corrected chi connectivity index (χ1v) is 6.30. The Morgan fingerprint density at radius 2 is 1.87 bits per heavy atom. The van der Waals surface area contributed by atoms with Crippen LogP contribution in [0.3, 0.4) is 0 Å². The van der Waals surface area contributed by atoms with Gasteiger partial charge in [0.1, 0.15) is 0 Å². The van der Waals surface area contributed by atoms with Crippen molar-refractivity contribution in [3.8, 4) is 0 Å². The number of hydrogen-bond donors (Lipinski definition) is 2. The maximum absolute atomic E-state index is 3.82. The monoisotopic (exact) mass is 208 g/mol. The third kappa shape index (κ3) is 2.54. The molecule has 1 aliphatic carbocycles. The van der Waals surface area contributed by atoms with Crippen LogP contribution >= 0.6 is 0 Å². The quantitative estimate of drug-likeness (QED) is 0.639. The molecule has 1 saturated carbocycles. The van der Waals surface area contributed by atoms with E-state index in [2.05, 4.69) is 37.5 Å². The normalized spacial score (nSPS) is 37.9. The summed E-state index contributed by atoms with van der Waals surface area (Å²) in [6.45, 7) is 6.77. The van der Waals surface area contributed by atoms with Crippen LogP contribution in [0.2, 0.25) is 0 Å². The van der Waals surface area contributed by atoms with E-state index in [1.165, 1.54) is 31.4 Å². The lowest BCUT2D eigenvalue weighted by molar-refractivity contribution is 0.263. The largest absolute Gasteiger partial charge is 0.384 e. The van der Waals surface area contributed by atoms with Crippen molar-refractivity contribution in [2.45, 2.75) is 70.5 Å². The molecule has 0 radical (unpaired) electrons. The molecule has 2 aliphatic rings. The summed E-state index contributed by atoms with van der Waals surface area (Å²) in [7, 11) is 0. The summed E-state index contributed by atoms with van der Waals surface area (Å²) in [5.41, 5.74) is 1.66. The summed E-state index contributed by atoms with van der Waals surface area (Å²) in [5, 5.41) is 7.54. The average Bonchev–Trinajstić information content (AvgIpc) is 2.31. The number of fused-ring (bicyclic) bond motifs is 1. The van der Waals surface area contributed by atoms with Crippen LogP contribution in [0.25, 0.3) is 0 Å². The first kappa shape index (κ1) is 11.0. The van der Waals surface area contributed by atoms with E-state index < -0.39 is 0 Å². The lowest BCUT2D eigenvalue weighted by Crippen LogP contribution is -2.52. The molecule has 0 aromatic heterocycles. The zero-order chi connectivity index (χ0) is 10.9. The van der Waals surface area contributed by atoms with Crippen molar-refractivity contribution in [3.63, 3.8) is 0 Å². The maximum atomic E-state index is 3.82. The van der Waals surface area contributed by atoms with Crippen molar-refractivity contribution in [3.05, 3.63) is 11.8 Å². The van der Waals surface area contributed by atoms with E-state index in [-0.39, 0.29) is 5.54 Å². The van der Waals surface area contributed by atoms with Crippen molar-refractivity contribution in [1.29, 1.82) is 0 Å². The molecule has 2 N–H and O–H groups in total. The first-order chi connectivity index (χ1) is 7.11. The molecule has 86 valence electrons. The van der Waals surface area contributed by atoms with Gasteiger partial charge in [-0.25, -0.2) is 0 Å². The molecular weight excluding hydrogens is 184 g/mol. The van der Waals surface area contributed by atoms with Crippen LogP contribution in [0, 0.1) is 0 Å². The smallest absolute Gasteiger partial charge is 0.0411 e. The number of rotatable bonds is 0. The Hall–Kier alpha value is -0.500. The molecule has 2 nitrogen and oxygen atoms in total. The maximum Gasteiger partial charge on any atom is 0.0411 e. The van der Waals surface area contributed by atoms with Crippen LogP contribution in [0.15, 0.2) is 11.8 Å². The molecule has 2 heteroatoms. The molecule has 0 amide bonds. The second-order valence-electron chi connectivity index (χ2n) is 5.66. The molecule has 2 fully saturated rings. The molecular formula is C13H24N2. The molecule has 1 saturated heterocycles. The van der Waals surface area contributed by atoms with Crippen LogP contribution in [0.5, 0.6) is 0 Å². The van der Waals surface area contributed by atoms with Gasteiger partial charge >= 0.3 is 0 Å². The summed E-state index contributed by atoms with van der Waals surface area (Å²) in [5.74, 6) is 0. The fourth-order valence-corrected chi connectivity index (χ4v) is 2.98. The summed E-state index contributed by atoms with van der Waals surface area (Å²) < 4.78 is 0. The van der Waals surface area contributed by atoms with Crippen LogP contribution in [0.1, 0.15) is 52.9 Å². The van der Waals surface area contributed by atoms with Gasteiger partial charge in [-0.05, 0) is 33.6 Å². The molecule has 0 bridgehead atoms. The molecule has 2 rings (SSSR count). The van der Waals surface area contributed by atoms with Gasteiger partial charge < -0.3 is 10.6 Å². The van der Waals surface area contributed by atoms with Crippen molar-refractivity contribution < 1.29 is 0 Å². The summed E-state index contributed by atoms with van der Waals surface area (Å²) in [4.78, 5) is 0. The van der Waals surface area contributed by atoms with Gasteiger partial charge in [-0.15, -0.1) is 0 Å². The van der Waals surface area contributed by atoms with Crippen molar-refractivity contribution >= 4 is 0 Å². The van der Waals surface area contributed by atoms with E-state index in [4.69, 9.17) is 0 Å². The van der Waals surface area contributed by atoms with E-state index in [1.54, 1.807) is 0 Å². The van der Waals surface area contributed by atoms with Crippen molar-refractivity contribution in [2.24, 2.45) is 0 Å². The fourth-order valence-electron chi connectivity index (χ4n) is 2.98. The molecule has 2 atom stereocenters. The SMILES string of the molecule is CC=C1CC(C)(C)N[C@H]2CCCC[C@@H]2N1. The number of allylic oxidation sites excluding steroid dienone is 1. The average molecular weight is 208 g/mol. The van der Waals surface area contributed by atoms with E-state index >= 15 is 0 Å². The van der Waals surface area contributed by atoms with Gasteiger partial charge in [-0.2, -0.15) is 0 Å². The third-order valence-corrected chi connectivity index (χ3v) is 3.69. The minimum Gasteiger partial charge on any atom is -0.384 e. The third-order valence-electron chi connectivity index (χ3n) is 3.69. The van der Waals surface area contributed by atoms with Crippen molar-refractivity contribution in [1.82, 2.24) is 10.6 Å². The standard InChI is InChI=1S/C13H24N2/c1-4-10-9-13(2,3)15-12-8-6-5-7-11(12)14-10/h4,11-12,14-15H,5-9H2,1-3H3/t11-,12-/m0/s1. The first-order valence-electron chi connectivity index (χ1n) is 6.30. The minimum absolute atomic E-state index is 0.242. The van der Waals surface area contributed by atoms with Gasteiger partial charge in [0, 0.05) is 29.7 Å². The Kier molecular flexibility index (Phi) is 3.06. The topological polar surface area (TPSA) is 24.1 Å². The van der Waals surface area contributed by atoms with E-state index in [9.17, 15) is 0 Å². The molecule has 1 aliphatic heterocycles.